The third-order valence-electron chi connectivity index (χ3n) is 3.68. The van der Waals surface area contributed by atoms with Gasteiger partial charge in [-0.2, -0.15) is 18.3 Å². The van der Waals surface area contributed by atoms with E-state index in [2.05, 4.69) is 32.7 Å². The Balaban J connectivity index is 2.16. The lowest BCUT2D eigenvalue weighted by atomic mass is 9.95. The van der Waals surface area contributed by atoms with Gasteiger partial charge in [-0.05, 0) is 36.3 Å². The van der Waals surface area contributed by atoms with Crippen LogP contribution in [0.15, 0.2) is 29.5 Å². The van der Waals surface area contributed by atoms with Gasteiger partial charge in [0.25, 0.3) is 0 Å². The number of anilines is 1. The van der Waals surface area contributed by atoms with Gasteiger partial charge in [-0.3, -0.25) is 0 Å². The Morgan fingerprint density at radius 2 is 2.12 bits per heavy atom. The molecule has 1 aliphatic heterocycles. The number of rotatable bonds is 7. The first kappa shape index (κ1) is 19.4. The molecule has 0 bridgehead atoms. The van der Waals surface area contributed by atoms with Gasteiger partial charge < -0.3 is 9.84 Å². The molecule has 1 aromatic rings. The van der Waals surface area contributed by atoms with Crippen LogP contribution in [0.3, 0.4) is 0 Å². The van der Waals surface area contributed by atoms with Gasteiger partial charge in [-0.1, -0.05) is 28.7 Å². The van der Waals surface area contributed by atoms with Crippen molar-refractivity contribution < 1.29 is 23.0 Å². The Bertz CT molecular complexity index is 557. The predicted octanol–water partition coefficient (Wildman–Crippen LogP) is 3.37. The molecule has 2 heterocycles. The molecular formula is C15H19F3IN3O2. The first-order valence-electron chi connectivity index (χ1n) is 7.54. The number of halogens is 4. The van der Waals surface area contributed by atoms with Crippen molar-refractivity contribution in [3.8, 4) is 0 Å². The molecule has 2 rings (SSSR count). The van der Waals surface area contributed by atoms with Crippen LogP contribution in [0.4, 0.5) is 19.0 Å². The van der Waals surface area contributed by atoms with Crippen molar-refractivity contribution in [3.05, 3.63) is 24.4 Å². The fourth-order valence-corrected chi connectivity index (χ4v) is 3.06. The summed E-state index contributed by atoms with van der Waals surface area (Å²) in [4.78, 5) is 4.02. The highest BCUT2D eigenvalue weighted by molar-refractivity contribution is 14.1. The lowest BCUT2D eigenvalue weighted by Crippen LogP contribution is -2.48. The second-order valence-corrected chi connectivity index (χ2v) is 6.52. The monoisotopic (exact) mass is 457 g/mol. The van der Waals surface area contributed by atoms with Crippen molar-refractivity contribution in [3.63, 3.8) is 0 Å². The maximum atomic E-state index is 13.4. The van der Waals surface area contributed by atoms with Gasteiger partial charge in [0.2, 0.25) is 0 Å². The molecule has 0 fully saturated rings. The lowest BCUT2D eigenvalue weighted by molar-refractivity contribution is -0.236. The van der Waals surface area contributed by atoms with Gasteiger partial charge in [0.15, 0.2) is 18.1 Å². The van der Waals surface area contributed by atoms with E-state index in [0.29, 0.717) is 6.42 Å². The average Bonchev–Trinajstić information content (AvgIpc) is 2.82. The van der Waals surface area contributed by atoms with Crippen LogP contribution in [0.25, 0.3) is 0 Å². The Morgan fingerprint density at radius 1 is 1.38 bits per heavy atom. The van der Waals surface area contributed by atoms with Crippen LogP contribution in [0, 0.1) is 5.92 Å². The van der Waals surface area contributed by atoms with E-state index in [1.165, 1.54) is 13.1 Å². The summed E-state index contributed by atoms with van der Waals surface area (Å²) < 4.78 is 46.3. The quantitative estimate of drug-likeness (QED) is 0.388. The molecule has 1 aromatic heterocycles. The average molecular weight is 457 g/mol. The molecule has 134 valence electrons. The van der Waals surface area contributed by atoms with Crippen molar-refractivity contribution in [2.75, 3.05) is 16.0 Å². The van der Waals surface area contributed by atoms with E-state index in [1.54, 1.807) is 18.2 Å². The number of aliphatic hydroxyl groups excluding tert-OH is 1. The summed E-state index contributed by atoms with van der Waals surface area (Å²) in [5, 5.41) is 15.6. The number of nitrogens with zero attached hydrogens (tertiary/aromatic N) is 3. The molecule has 9 heteroatoms. The van der Waals surface area contributed by atoms with Crippen LogP contribution < -0.4 is 5.01 Å². The van der Waals surface area contributed by atoms with Crippen molar-refractivity contribution in [1.29, 1.82) is 0 Å². The summed E-state index contributed by atoms with van der Waals surface area (Å²) >= 11 is 2.16. The Kier molecular flexibility index (Phi) is 6.81. The highest BCUT2D eigenvalue weighted by atomic mass is 127. The zero-order chi connectivity index (χ0) is 17.7. The third kappa shape index (κ3) is 4.57. The molecule has 1 N–H and O–H groups in total. The zero-order valence-electron chi connectivity index (χ0n) is 13.1. The number of hydrogen-bond donors (Lipinski definition) is 1. The second-order valence-electron chi connectivity index (χ2n) is 5.44. The molecule has 0 aromatic carbocycles. The molecule has 0 amide bonds. The van der Waals surface area contributed by atoms with E-state index in [9.17, 15) is 18.3 Å². The van der Waals surface area contributed by atoms with E-state index in [-0.39, 0.29) is 18.1 Å². The van der Waals surface area contributed by atoms with E-state index in [1.807, 2.05) is 0 Å². The van der Waals surface area contributed by atoms with Crippen LogP contribution in [0.1, 0.15) is 19.8 Å². The molecule has 5 nitrogen and oxygen atoms in total. The highest BCUT2D eigenvalue weighted by Crippen LogP contribution is 2.36. The molecule has 3 unspecified atom stereocenters. The first-order valence-corrected chi connectivity index (χ1v) is 9.06. The summed E-state index contributed by atoms with van der Waals surface area (Å²) in [5.41, 5.74) is 0.171. The van der Waals surface area contributed by atoms with Crippen LogP contribution in [0.2, 0.25) is 0 Å². The summed E-state index contributed by atoms with van der Waals surface area (Å²) in [7, 11) is 0. The fraction of sp³-hybridized carbons (Fsp3) is 0.600. The zero-order valence-corrected chi connectivity index (χ0v) is 15.2. The lowest BCUT2D eigenvalue weighted by Gasteiger charge is -2.30. The van der Waals surface area contributed by atoms with Crippen molar-refractivity contribution in [2.45, 2.75) is 38.3 Å². The topological polar surface area (TPSA) is 58.0 Å². The summed E-state index contributed by atoms with van der Waals surface area (Å²) in [6, 6.07) is 4.93. The van der Waals surface area contributed by atoms with Gasteiger partial charge >= 0.3 is 6.18 Å². The van der Waals surface area contributed by atoms with Crippen LogP contribution in [-0.4, -0.2) is 45.3 Å². The van der Waals surface area contributed by atoms with Crippen molar-refractivity contribution >= 4 is 34.1 Å². The summed E-state index contributed by atoms with van der Waals surface area (Å²) in [6.07, 6.45) is -5.35. The van der Waals surface area contributed by atoms with E-state index in [0.717, 1.165) is 15.9 Å². The third-order valence-corrected chi connectivity index (χ3v) is 4.44. The van der Waals surface area contributed by atoms with E-state index < -0.39 is 24.4 Å². The minimum absolute atomic E-state index is 0.00668. The normalized spacial score (nSPS) is 22.6. The van der Waals surface area contributed by atoms with Crippen molar-refractivity contribution in [2.24, 2.45) is 11.0 Å². The smallest absolute Gasteiger partial charge is 0.371 e. The molecule has 0 radical (unpaired) electrons. The molecule has 0 saturated carbocycles. The number of alkyl halides is 4. The van der Waals surface area contributed by atoms with Gasteiger partial charge in [0, 0.05) is 18.5 Å². The number of hydrogen-bond acceptors (Lipinski definition) is 5. The molecule has 0 spiro atoms. The predicted molar refractivity (Wildman–Crippen MR) is 93.2 cm³/mol. The molecule has 3 atom stereocenters. The fourth-order valence-electron chi connectivity index (χ4n) is 2.52. The first-order chi connectivity index (χ1) is 11.4. The minimum atomic E-state index is -4.59. The Morgan fingerprint density at radius 3 is 2.71 bits per heavy atom. The second kappa shape index (κ2) is 8.43. The Hall–Kier alpha value is -0.940. The number of unbranched alkanes of at least 4 members (excludes halogenated alkanes) is 1. The molecular weight excluding hydrogens is 438 g/mol. The van der Waals surface area contributed by atoms with Gasteiger partial charge in [-0.15, -0.1) is 0 Å². The van der Waals surface area contributed by atoms with Crippen LogP contribution in [-0.2, 0) is 4.74 Å². The molecule has 24 heavy (non-hydrogen) atoms. The number of aromatic nitrogens is 1. The van der Waals surface area contributed by atoms with Gasteiger partial charge in [-0.25, -0.2) is 9.99 Å². The highest BCUT2D eigenvalue weighted by Gasteiger charge is 2.53. The largest absolute Gasteiger partial charge is 0.415 e. The number of ether oxygens (including phenoxy) is 1. The van der Waals surface area contributed by atoms with Crippen LogP contribution in [0.5, 0.6) is 0 Å². The maximum absolute atomic E-state index is 13.4. The molecule has 0 saturated heterocycles. The van der Waals surface area contributed by atoms with Crippen LogP contribution >= 0.6 is 22.6 Å². The number of pyridine rings is 1. The SMILES string of the molecule is CC1=NN(c2ccccn2)C(O)C1C(OCCCCI)C(F)(F)F. The standard InChI is InChI=1S/C15H19F3IN3O2/c1-10-12(13(15(16,17)18)24-9-5-3-7-19)14(23)22(21-10)11-6-2-4-8-20-11/h2,4,6,8,12-14,23H,3,5,7,9H2,1H3. The van der Waals surface area contributed by atoms with E-state index >= 15 is 0 Å². The molecule has 1 aliphatic rings. The Labute approximate surface area is 152 Å². The number of aliphatic hydroxyl groups is 1. The summed E-state index contributed by atoms with van der Waals surface area (Å²) in [6.45, 7) is 1.46. The van der Waals surface area contributed by atoms with Gasteiger partial charge in [0.05, 0.1) is 5.92 Å². The number of hydrazone groups is 1. The summed E-state index contributed by atoms with van der Waals surface area (Å²) in [5.74, 6) is -0.996. The molecule has 0 aliphatic carbocycles. The minimum Gasteiger partial charge on any atom is -0.371 e. The van der Waals surface area contributed by atoms with E-state index in [4.69, 9.17) is 4.74 Å². The maximum Gasteiger partial charge on any atom is 0.415 e. The van der Waals surface area contributed by atoms with Crippen molar-refractivity contribution in [1.82, 2.24) is 4.98 Å². The van der Waals surface area contributed by atoms with Gasteiger partial charge in [0.1, 0.15) is 0 Å².